The number of hydrogen-bond donors (Lipinski definition) is 2. The third kappa shape index (κ3) is 4.28. The SMILES string of the molecule is CCNS(=O)(=O)c1ccc(C(=O)Nc2cccc(I)c2)cc1. The van der Waals surface area contributed by atoms with Gasteiger partial charge in [0.25, 0.3) is 5.91 Å². The fourth-order valence-electron chi connectivity index (χ4n) is 1.83. The molecular formula is C15H15IN2O3S. The van der Waals surface area contributed by atoms with Crippen molar-refractivity contribution in [3.05, 3.63) is 57.7 Å². The van der Waals surface area contributed by atoms with Gasteiger partial charge in [0.2, 0.25) is 10.0 Å². The third-order valence-electron chi connectivity index (χ3n) is 2.84. The molecule has 2 aromatic rings. The highest BCUT2D eigenvalue weighted by molar-refractivity contribution is 14.1. The summed E-state index contributed by atoms with van der Waals surface area (Å²) in [6.45, 7) is 2.03. The van der Waals surface area contributed by atoms with Gasteiger partial charge in [-0.2, -0.15) is 0 Å². The van der Waals surface area contributed by atoms with E-state index in [1.165, 1.54) is 24.3 Å². The summed E-state index contributed by atoms with van der Waals surface area (Å²) in [5, 5.41) is 2.77. The average molecular weight is 430 g/mol. The lowest BCUT2D eigenvalue weighted by Crippen LogP contribution is -2.23. The minimum atomic E-state index is -3.50. The maximum absolute atomic E-state index is 12.1. The van der Waals surface area contributed by atoms with Gasteiger partial charge in [0.05, 0.1) is 4.90 Å². The maximum atomic E-state index is 12.1. The molecule has 0 heterocycles. The van der Waals surface area contributed by atoms with E-state index < -0.39 is 10.0 Å². The van der Waals surface area contributed by atoms with Gasteiger partial charge in [0.1, 0.15) is 0 Å². The predicted molar refractivity (Wildman–Crippen MR) is 94.4 cm³/mol. The van der Waals surface area contributed by atoms with E-state index >= 15 is 0 Å². The average Bonchev–Trinajstić information content (AvgIpc) is 2.47. The Morgan fingerprint density at radius 1 is 1.14 bits per heavy atom. The van der Waals surface area contributed by atoms with Gasteiger partial charge in [-0.25, -0.2) is 13.1 Å². The van der Waals surface area contributed by atoms with Crippen LogP contribution in [0.2, 0.25) is 0 Å². The van der Waals surface area contributed by atoms with E-state index in [9.17, 15) is 13.2 Å². The molecule has 0 aliphatic heterocycles. The number of benzene rings is 2. The standard InChI is InChI=1S/C15H15IN2O3S/c1-2-17-22(20,21)14-8-6-11(7-9-14)15(19)18-13-5-3-4-12(16)10-13/h3-10,17H,2H2,1H3,(H,18,19). The molecule has 7 heteroatoms. The summed E-state index contributed by atoms with van der Waals surface area (Å²) < 4.78 is 27.1. The zero-order valence-corrected chi connectivity index (χ0v) is 14.8. The molecule has 0 spiro atoms. The first-order valence-corrected chi connectivity index (χ1v) is 9.15. The molecular weight excluding hydrogens is 415 g/mol. The third-order valence-corrected chi connectivity index (χ3v) is 5.08. The number of hydrogen-bond acceptors (Lipinski definition) is 3. The van der Waals surface area contributed by atoms with Crippen LogP contribution in [0, 0.1) is 3.57 Å². The summed E-state index contributed by atoms with van der Waals surface area (Å²) in [4.78, 5) is 12.3. The van der Waals surface area contributed by atoms with Crippen molar-refractivity contribution in [2.75, 3.05) is 11.9 Å². The Labute approximate surface area is 143 Å². The fourth-order valence-corrected chi connectivity index (χ4v) is 3.41. The minimum Gasteiger partial charge on any atom is -0.322 e. The van der Waals surface area contributed by atoms with Gasteiger partial charge in [-0.1, -0.05) is 13.0 Å². The van der Waals surface area contributed by atoms with Gasteiger partial charge in [-0.3, -0.25) is 4.79 Å². The Morgan fingerprint density at radius 2 is 1.82 bits per heavy atom. The van der Waals surface area contributed by atoms with Crippen molar-refractivity contribution in [1.29, 1.82) is 0 Å². The van der Waals surface area contributed by atoms with Crippen LogP contribution in [0.25, 0.3) is 0 Å². The van der Waals surface area contributed by atoms with Crippen LogP contribution in [0.1, 0.15) is 17.3 Å². The zero-order chi connectivity index (χ0) is 16.2. The molecule has 0 bridgehead atoms. The molecule has 0 fully saturated rings. The lowest BCUT2D eigenvalue weighted by atomic mass is 10.2. The summed E-state index contributed by atoms with van der Waals surface area (Å²) in [5.74, 6) is -0.283. The normalized spacial score (nSPS) is 11.2. The summed E-state index contributed by atoms with van der Waals surface area (Å²) in [6, 6.07) is 13.2. The number of anilines is 1. The lowest BCUT2D eigenvalue weighted by Gasteiger charge is -2.07. The molecule has 0 aromatic heterocycles. The summed E-state index contributed by atoms with van der Waals surface area (Å²) in [5.41, 5.74) is 1.09. The Kier molecular flexibility index (Phi) is 5.54. The Morgan fingerprint density at radius 3 is 2.41 bits per heavy atom. The van der Waals surface area contributed by atoms with E-state index in [1.807, 2.05) is 18.2 Å². The predicted octanol–water partition coefficient (Wildman–Crippen LogP) is 2.84. The maximum Gasteiger partial charge on any atom is 0.255 e. The fraction of sp³-hybridized carbons (Fsp3) is 0.133. The van der Waals surface area contributed by atoms with Crippen LogP contribution < -0.4 is 10.0 Å². The van der Waals surface area contributed by atoms with Crippen LogP contribution in [0.15, 0.2) is 53.4 Å². The molecule has 0 aliphatic rings. The number of halogens is 1. The van der Waals surface area contributed by atoms with Gasteiger partial charge in [0, 0.05) is 21.4 Å². The van der Waals surface area contributed by atoms with E-state index in [1.54, 1.807) is 13.0 Å². The Bertz CT molecular complexity index is 774. The van der Waals surface area contributed by atoms with Gasteiger partial charge in [0.15, 0.2) is 0 Å². The van der Waals surface area contributed by atoms with Crippen LogP contribution in [0.3, 0.4) is 0 Å². The largest absolute Gasteiger partial charge is 0.322 e. The van der Waals surface area contributed by atoms with Gasteiger partial charge in [-0.05, 0) is 65.1 Å². The van der Waals surface area contributed by atoms with Crippen molar-refractivity contribution >= 4 is 44.2 Å². The second-order valence-electron chi connectivity index (χ2n) is 4.49. The van der Waals surface area contributed by atoms with Crippen molar-refractivity contribution in [2.24, 2.45) is 0 Å². The van der Waals surface area contributed by atoms with Crippen LogP contribution in [-0.4, -0.2) is 20.9 Å². The first-order chi connectivity index (χ1) is 10.4. The summed E-state index contributed by atoms with van der Waals surface area (Å²) in [7, 11) is -3.50. The van der Waals surface area contributed by atoms with Crippen molar-refractivity contribution < 1.29 is 13.2 Å². The zero-order valence-electron chi connectivity index (χ0n) is 11.8. The molecule has 1 amide bonds. The monoisotopic (exact) mass is 430 g/mol. The molecule has 5 nitrogen and oxygen atoms in total. The van der Waals surface area contributed by atoms with Crippen LogP contribution in [-0.2, 0) is 10.0 Å². The first-order valence-electron chi connectivity index (χ1n) is 6.59. The molecule has 0 atom stereocenters. The number of nitrogens with one attached hydrogen (secondary N) is 2. The number of rotatable bonds is 5. The smallest absolute Gasteiger partial charge is 0.255 e. The highest BCUT2D eigenvalue weighted by atomic mass is 127. The van der Waals surface area contributed by atoms with E-state index in [0.29, 0.717) is 17.8 Å². The van der Waals surface area contributed by atoms with Crippen molar-refractivity contribution in [1.82, 2.24) is 4.72 Å². The lowest BCUT2D eigenvalue weighted by molar-refractivity contribution is 0.102. The van der Waals surface area contributed by atoms with E-state index in [-0.39, 0.29) is 10.8 Å². The number of carbonyl (C=O) groups is 1. The minimum absolute atomic E-state index is 0.139. The molecule has 2 N–H and O–H groups in total. The van der Waals surface area contributed by atoms with Crippen LogP contribution in [0.4, 0.5) is 5.69 Å². The molecule has 0 saturated heterocycles. The second kappa shape index (κ2) is 7.21. The topological polar surface area (TPSA) is 75.3 Å². The number of amides is 1. The number of carbonyl (C=O) groups excluding carboxylic acids is 1. The molecule has 2 rings (SSSR count). The van der Waals surface area contributed by atoms with Crippen molar-refractivity contribution in [2.45, 2.75) is 11.8 Å². The Balaban J connectivity index is 2.15. The van der Waals surface area contributed by atoms with Crippen LogP contribution >= 0.6 is 22.6 Å². The molecule has 0 aliphatic carbocycles. The van der Waals surface area contributed by atoms with Crippen molar-refractivity contribution in [3.8, 4) is 0 Å². The van der Waals surface area contributed by atoms with Gasteiger partial charge >= 0.3 is 0 Å². The molecule has 0 unspecified atom stereocenters. The van der Waals surface area contributed by atoms with E-state index in [4.69, 9.17) is 0 Å². The summed E-state index contributed by atoms with van der Waals surface area (Å²) >= 11 is 2.16. The van der Waals surface area contributed by atoms with E-state index in [2.05, 4.69) is 32.6 Å². The highest BCUT2D eigenvalue weighted by Gasteiger charge is 2.13. The molecule has 2 aromatic carbocycles. The number of sulfonamides is 1. The first kappa shape index (κ1) is 16.9. The molecule has 0 radical (unpaired) electrons. The summed E-state index contributed by atoms with van der Waals surface area (Å²) in [6.07, 6.45) is 0. The van der Waals surface area contributed by atoms with Gasteiger partial charge < -0.3 is 5.32 Å². The second-order valence-corrected chi connectivity index (χ2v) is 7.50. The van der Waals surface area contributed by atoms with Crippen molar-refractivity contribution in [3.63, 3.8) is 0 Å². The van der Waals surface area contributed by atoms with Gasteiger partial charge in [-0.15, -0.1) is 0 Å². The van der Waals surface area contributed by atoms with E-state index in [0.717, 1.165) is 3.57 Å². The molecule has 0 saturated carbocycles. The molecule has 22 heavy (non-hydrogen) atoms. The van der Waals surface area contributed by atoms with Crippen LogP contribution in [0.5, 0.6) is 0 Å². The quantitative estimate of drug-likeness (QED) is 0.717. The Hall–Kier alpha value is -1.45. The molecule has 116 valence electrons. The highest BCUT2D eigenvalue weighted by Crippen LogP contribution is 2.15.